The van der Waals surface area contributed by atoms with Gasteiger partial charge in [-0.3, -0.25) is 9.36 Å². The zero-order valence-electron chi connectivity index (χ0n) is 18.6. The molecule has 3 aromatic carbocycles. The molecule has 0 bridgehead atoms. The standard InChI is InChI=1S/C27H22N2O4S/c1-18-23-25(34-24(18)27(31)33-15-14-32-21-11-3-2-4-12-21)28-17-29(26(23)30)16-20-10-7-9-19-8-5-6-13-22(19)20/h2-13,17H,14-16H2,1H3. The molecule has 2 heterocycles. The lowest BCUT2D eigenvalue weighted by atomic mass is 10.0. The molecule has 0 saturated heterocycles. The molecule has 5 rings (SSSR count). The Kier molecular flexibility index (Phi) is 6.10. The van der Waals surface area contributed by atoms with Crippen molar-refractivity contribution in [3.63, 3.8) is 0 Å². The molecule has 34 heavy (non-hydrogen) atoms. The van der Waals surface area contributed by atoms with Crippen molar-refractivity contribution in [1.82, 2.24) is 9.55 Å². The van der Waals surface area contributed by atoms with Crippen LogP contribution in [0.4, 0.5) is 0 Å². The van der Waals surface area contributed by atoms with Gasteiger partial charge in [-0.2, -0.15) is 0 Å². The number of hydrogen-bond donors (Lipinski definition) is 0. The van der Waals surface area contributed by atoms with Crippen molar-refractivity contribution in [2.24, 2.45) is 0 Å². The minimum atomic E-state index is -0.475. The van der Waals surface area contributed by atoms with Crippen LogP contribution >= 0.6 is 11.3 Å². The lowest BCUT2D eigenvalue weighted by Gasteiger charge is -2.09. The van der Waals surface area contributed by atoms with E-state index in [9.17, 15) is 9.59 Å². The highest BCUT2D eigenvalue weighted by Crippen LogP contribution is 2.28. The normalized spacial score (nSPS) is 11.1. The second-order valence-corrected chi connectivity index (χ2v) is 8.85. The Morgan fingerprint density at radius 2 is 1.74 bits per heavy atom. The van der Waals surface area contributed by atoms with Gasteiger partial charge in [0.25, 0.3) is 5.56 Å². The van der Waals surface area contributed by atoms with Crippen LogP contribution in [0.2, 0.25) is 0 Å². The van der Waals surface area contributed by atoms with Gasteiger partial charge in [-0.05, 0) is 41.0 Å². The van der Waals surface area contributed by atoms with Crippen LogP contribution in [-0.4, -0.2) is 28.7 Å². The van der Waals surface area contributed by atoms with Crippen molar-refractivity contribution < 1.29 is 14.3 Å². The number of nitrogens with zero attached hydrogens (tertiary/aromatic N) is 2. The smallest absolute Gasteiger partial charge is 0.348 e. The third kappa shape index (κ3) is 4.30. The van der Waals surface area contributed by atoms with Crippen LogP contribution in [0, 0.1) is 6.92 Å². The number of aryl methyl sites for hydroxylation is 1. The fourth-order valence-electron chi connectivity index (χ4n) is 3.96. The van der Waals surface area contributed by atoms with E-state index in [0.717, 1.165) is 16.3 Å². The van der Waals surface area contributed by atoms with Crippen molar-refractivity contribution >= 4 is 38.3 Å². The first-order valence-electron chi connectivity index (χ1n) is 10.9. The Bertz CT molecular complexity index is 1530. The summed E-state index contributed by atoms with van der Waals surface area (Å²) in [7, 11) is 0. The number of esters is 1. The van der Waals surface area contributed by atoms with E-state index < -0.39 is 5.97 Å². The van der Waals surface area contributed by atoms with Gasteiger partial charge in [0.1, 0.15) is 28.7 Å². The molecule has 0 N–H and O–H groups in total. The molecule has 170 valence electrons. The molecule has 5 aromatic rings. The van der Waals surface area contributed by atoms with E-state index >= 15 is 0 Å². The molecule has 0 aliphatic heterocycles. The first-order valence-corrected chi connectivity index (χ1v) is 11.7. The molecule has 0 radical (unpaired) electrons. The maximum Gasteiger partial charge on any atom is 0.348 e. The minimum absolute atomic E-state index is 0.111. The molecule has 0 atom stereocenters. The summed E-state index contributed by atoms with van der Waals surface area (Å²) in [5.74, 6) is 0.240. The van der Waals surface area contributed by atoms with Gasteiger partial charge in [-0.15, -0.1) is 11.3 Å². The Labute approximate surface area is 200 Å². The van der Waals surface area contributed by atoms with Gasteiger partial charge in [-0.25, -0.2) is 9.78 Å². The number of fused-ring (bicyclic) bond motifs is 2. The molecule has 0 fully saturated rings. The topological polar surface area (TPSA) is 70.4 Å². The van der Waals surface area contributed by atoms with E-state index in [1.54, 1.807) is 17.8 Å². The van der Waals surface area contributed by atoms with Gasteiger partial charge in [0, 0.05) is 0 Å². The fraction of sp³-hybridized carbons (Fsp3) is 0.148. The highest BCUT2D eigenvalue weighted by Gasteiger charge is 2.21. The molecule has 0 amide bonds. The Morgan fingerprint density at radius 1 is 0.971 bits per heavy atom. The first-order chi connectivity index (χ1) is 16.6. The summed E-state index contributed by atoms with van der Waals surface area (Å²) in [6.45, 7) is 2.52. The lowest BCUT2D eigenvalue weighted by molar-refractivity contribution is 0.0455. The van der Waals surface area contributed by atoms with E-state index in [0.29, 0.717) is 33.0 Å². The predicted octanol–water partition coefficient (Wildman–Crippen LogP) is 5.20. The number of thiophene rings is 1. The van der Waals surface area contributed by atoms with Crippen LogP contribution in [0.5, 0.6) is 5.75 Å². The number of carbonyl (C=O) groups excluding carboxylic acids is 1. The van der Waals surface area contributed by atoms with Crippen molar-refractivity contribution in [3.8, 4) is 5.75 Å². The van der Waals surface area contributed by atoms with Crippen LogP contribution in [0.25, 0.3) is 21.0 Å². The summed E-state index contributed by atoms with van der Waals surface area (Å²) in [6, 6.07) is 23.5. The number of hydrogen-bond acceptors (Lipinski definition) is 6. The summed E-state index contributed by atoms with van der Waals surface area (Å²) in [4.78, 5) is 31.4. The van der Waals surface area contributed by atoms with Crippen molar-refractivity contribution in [2.45, 2.75) is 13.5 Å². The second kappa shape index (κ2) is 9.49. The molecule has 6 nitrogen and oxygen atoms in total. The summed E-state index contributed by atoms with van der Waals surface area (Å²) in [6.07, 6.45) is 1.55. The zero-order chi connectivity index (χ0) is 23.5. The van der Waals surface area contributed by atoms with Gasteiger partial charge in [0.15, 0.2) is 0 Å². The molecule has 2 aromatic heterocycles. The van der Waals surface area contributed by atoms with Crippen molar-refractivity contribution in [1.29, 1.82) is 0 Å². The molecule has 0 aliphatic carbocycles. The number of rotatable bonds is 7. The molecular formula is C27H22N2O4S. The average molecular weight is 471 g/mol. The molecule has 0 aliphatic rings. The van der Waals surface area contributed by atoms with E-state index in [4.69, 9.17) is 9.47 Å². The van der Waals surface area contributed by atoms with Crippen LogP contribution in [-0.2, 0) is 11.3 Å². The number of ether oxygens (including phenoxy) is 2. The highest BCUT2D eigenvalue weighted by atomic mass is 32.1. The maximum absolute atomic E-state index is 13.3. The molecule has 0 spiro atoms. The number of aromatic nitrogens is 2. The van der Waals surface area contributed by atoms with E-state index in [2.05, 4.69) is 17.1 Å². The van der Waals surface area contributed by atoms with Gasteiger partial charge in [0.05, 0.1) is 18.3 Å². The second-order valence-electron chi connectivity index (χ2n) is 7.85. The van der Waals surface area contributed by atoms with E-state index in [1.165, 1.54) is 11.3 Å². The molecular weight excluding hydrogens is 448 g/mol. The SMILES string of the molecule is Cc1c(C(=O)OCCOc2ccccc2)sc2ncn(Cc3cccc4ccccc34)c(=O)c12. The van der Waals surface area contributed by atoms with Gasteiger partial charge in [0.2, 0.25) is 0 Å². The van der Waals surface area contributed by atoms with Crippen molar-refractivity contribution in [3.05, 3.63) is 105 Å². The van der Waals surface area contributed by atoms with Crippen LogP contribution in [0.1, 0.15) is 20.8 Å². The Morgan fingerprint density at radius 3 is 2.59 bits per heavy atom. The van der Waals surface area contributed by atoms with Gasteiger partial charge < -0.3 is 9.47 Å². The largest absolute Gasteiger partial charge is 0.490 e. The van der Waals surface area contributed by atoms with Crippen LogP contribution < -0.4 is 10.3 Å². The molecule has 0 saturated carbocycles. The quantitative estimate of drug-likeness (QED) is 0.241. The highest BCUT2D eigenvalue weighted by molar-refractivity contribution is 7.20. The number of benzene rings is 3. The third-order valence-corrected chi connectivity index (χ3v) is 6.83. The summed E-state index contributed by atoms with van der Waals surface area (Å²) in [5.41, 5.74) is 1.46. The monoisotopic (exact) mass is 470 g/mol. The summed E-state index contributed by atoms with van der Waals surface area (Å²) < 4.78 is 12.5. The lowest BCUT2D eigenvalue weighted by Crippen LogP contribution is -2.21. The third-order valence-electron chi connectivity index (χ3n) is 5.65. The van der Waals surface area contributed by atoms with Crippen LogP contribution in [0.15, 0.2) is 83.9 Å². The van der Waals surface area contributed by atoms with E-state index in [1.807, 2.05) is 60.7 Å². The van der Waals surface area contributed by atoms with Gasteiger partial charge >= 0.3 is 5.97 Å². The fourth-order valence-corrected chi connectivity index (χ4v) is 4.99. The van der Waals surface area contributed by atoms with Crippen LogP contribution in [0.3, 0.4) is 0 Å². The first kappa shape index (κ1) is 21.9. The number of para-hydroxylation sites is 1. The predicted molar refractivity (Wildman–Crippen MR) is 134 cm³/mol. The Balaban J connectivity index is 1.35. The molecule has 7 heteroatoms. The Hall–Kier alpha value is -3.97. The minimum Gasteiger partial charge on any atom is -0.490 e. The molecule has 0 unspecified atom stereocenters. The average Bonchev–Trinajstić information content (AvgIpc) is 3.21. The summed E-state index contributed by atoms with van der Waals surface area (Å²) in [5, 5.41) is 2.68. The summed E-state index contributed by atoms with van der Waals surface area (Å²) >= 11 is 1.18. The maximum atomic E-state index is 13.3. The van der Waals surface area contributed by atoms with E-state index in [-0.39, 0.29) is 18.8 Å². The van der Waals surface area contributed by atoms with Crippen molar-refractivity contribution in [2.75, 3.05) is 13.2 Å². The zero-order valence-corrected chi connectivity index (χ0v) is 19.4. The van der Waals surface area contributed by atoms with Gasteiger partial charge in [-0.1, -0.05) is 60.7 Å². The number of carbonyl (C=O) groups is 1.